The molecule has 4 atom stereocenters. The van der Waals surface area contributed by atoms with Crippen molar-refractivity contribution in [1.82, 2.24) is 30.8 Å². The summed E-state index contributed by atoms with van der Waals surface area (Å²) in [6.45, 7) is 1.09. The number of piperidine rings is 1. The molecule has 9 nitrogen and oxygen atoms in total. The lowest BCUT2D eigenvalue weighted by atomic mass is 9.71. The first kappa shape index (κ1) is 14.9. The van der Waals surface area contributed by atoms with Gasteiger partial charge in [-0.3, -0.25) is 9.59 Å². The number of hydrogen-bond donors (Lipinski definition) is 3. The molecular weight excluding hydrogens is 288 g/mol. The third-order valence-corrected chi connectivity index (χ3v) is 4.89. The van der Waals surface area contributed by atoms with Gasteiger partial charge in [0.15, 0.2) is 5.82 Å². The van der Waals surface area contributed by atoms with Gasteiger partial charge >= 0.3 is 5.97 Å². The average Bonchev–Trinajstić information content (AvgIpc) is 3.04. The third-order valence-electron chi connectivity index (χ3n) is 4.89. The summed E-state index contributed by atoms with van der Waals surface area (Å²) in [5, 5.41) is 25.9. The molecule has 2 fully saturated rings. The van der Waals surface area contributed by atoms with Crippen molar-refractivity contribution >= 4 is 12.4 Å². The second-order valence-corrected chi connectivity index (χ2v) is 6.13. The minimum atomic E-state index is -0.792. The van der Waals surface area contributed by atoms with E-state index in [4.69, 9.17) is 5.11 Å². The standard InChI is InChI=1S/C13H20N6O3/c20-7-19(6-12-15-17-18-16-12)10-2-1-8-5-14-11(13(21)22)4-9(8)3-10/h7-11,14H,1-6H2,(H,21,22)(H,15,16,17,18)/t8-,9+,10-,11-/m0/s1. The van der Waals surface area contributed by atoms with Crippen LogP contribution in [0.1, 0.15) is 31.5 Å². The molecule has 2 heterocycles. The number of tetrazole rings is 1. The van der Waals surface area contributed by atoms with E-state index in [9.17, 15) is 9.59 Å². The van der Waals surface area contributed by atoms with Crippen molar-refractivity contribution in [2.24, 2.45) is 11.8 Å². The summed E-state index contributed by atoms with van der Waals surface area (Å²) in [4.78, 5) is 24.3. The maximum atomic E-state index is 11.4. The van der Waals surface area contributed by atoms with E-state index in [2.05, 4.69) is 25.9 Å². The molecule has 0 unspecified atom stereocenters. The molecule has 1 aromatic rings. The molecule has 1 saturated heterocycles. The highest BCUT2D eigenvalue weighted by molar-refractivity contribution is 5.73. The van der Waals surface area contributed by atoms with Gasteiger partial charge in [-0.25, -0.2) is 0 Å². The van der Waals surface area contributed by atoms with E-state index in [-0.39, 0.29) is 6.04 Å². The van der Waals surface area contributed by atoms with Crippen LogP contribution in [0.2, 0.25) is 0 Å². The highest BCUT2D eigenvalue weighted by atomic mass is 16.4. The van der Waals surface area contributed by atoms with Crippen LogP contribution in [0, 0.1) is 11.8 Å². The SMILES string of the molecule is O=CN(Cc1nn[nH]n1)[C@H]1CC[C@H]2CN[C@H](C(=O)O)C[C@H]2C1. The number of amides is 1. The number of nitrogens with one attached hydrogen (secondary N) is 2. The van der Waals surface area contributed by atoms with E-state index < -0.39 is 12.0 Å². The van der Waals surface area contributed by atoms with Crippen LogP contribution in [0.4, 0.5) is 0 Å². The topological polar surface area (TPSA) is 124 Å². The predicted octanol–water partition coefficient (Wildman–Crippen LogP) is -0.610. The van der Waals surface area contributed by atoms with Crippen LogP contribution in [0.3, 0.4) is 0 Å². The normalized spacial score (nSPS) is 31.3. The van der Waals surface area contributed by atoms with Crippen molar-refractivity contribution in [3.63, 3.8) is 0 Å². The fourth-order valence-corrected chi connectivity index (χ4v) is 3.69. The lowest BCUT2D eigenvalue weighted by Crippen LogP contribution is -2.51. The number of fused-ring (bicyclic) bond motifs is 1. The number of carboxylic acids is 1. The number of carbonyl (C=O) groups is 2. The lowest BCUT2D eigenvalue weighted by Gasteiger charge is -2.43. The maximum Gasteiger partial charge on any atom is 0.320 e. The molecule has 1 saturated carbocycles. The van der Waals surface area contributed by atoms with Crippen LogP contribution in [0.15, 0.2) is 0 Å². The van der Waals surface area contributed by atoms with E-state index in [1.807, 2.05) is 0 Å². The number of aliphatic carboxylic acids is 1. The maximum absolute atomic E-state index is 11.4. The summed E-state index contributed by atoms with van der Waals surface area (Å²) in [5.41, 5.74) is 0. The van der Waals surface area contributed by atoms with Crippen molar-refractivity contribution in [2.75, 3.05) is 6.54 Å². The van der Waals surface area contributed by atoms with Crippen molar-refractivity contribution in [2.45, 2.75) is 44.3 Å². The summed E-state index contributed by atoms with van der Waals surface area (Å²) in [6, 6.07) is -0.355. The molecule has 1 aliphatic carbocycles. The first-order chi connectivity index (χ1) is 10.7. The van der Waals surface area contributed by atoms with E-state index in [0.717, 1.165) is 32.2 Å². The molecule has 3 rings (SSSR count). The fourth-order valence-electron chi connectivity index (χ4n) is 3.69. The minimum absolute atomic E-state index is 0.116. The van der Waals surface area contributed by atoms with Gasteiger partial charge in [-0.1, -0.05) is 5.21 Å². The first-order valence-corrected chi connectivity index (χ1v) is 7.57. The molecule has 1 aromatic heterocycles. The van der Waals surface area contributed by atoms with Gasteiger partial charge in [-0.15, -0.1) is 10.2 Å². The van der Waals surface area contributed by atoms with Gasteiger partial charge in [0.1, 0.15) is 6.04 Å². The van der Waals surface area contributed by atoms with Gasteiger partial charge in [-0.05, 0) is 44.1 Å². The first-order valence-electron chi connectivity index (χ1n) is 7.57. The predicted molar refractivity (Wildman–Crippen MR) is 74.4 cm³/mol. The fraction of sp³-hybridized carbons (Fsp3) is 0.769. The lowest BCUT2D eigenvalue weighted by molar-refractivity contribution is -0.141. The average molecular weight is 308 g/mol. The molecule has 3 N–H and O–H groups in total. The number of H-pyrrole nitrogens is 1. The second-order valence-electron chi connectivity index (χ2n) is 6.13. The van der Waals surface area contributed by atoms with E-state index in [1.54, 1.807) is 4.90 Å². The number of aromatic amines is 1. The van der Waals surface area contributed by atoms with Crippen LogP contribution in [-0.4, -0.2) is 61.6 Å². The molecule has 0 radical (unpaired) electrons. The van der Waals surface area contributed by atoms with Crippen LogP contribution >= 0.6 is 0 Å². The number of carbonyl (C=O) groups excluding carboxylic acids is 1. The molecular formula is C13H20N6O3. The molecule has 0 bridgehead atoms. The smallest absolute Gasteiger partial charge is 0.320 e. The summed E-state index contributed by atoms with van der Waals surface area (Å²) in [6.07, 6.45) is 4.23. The summed E-state index contributed by atoms with van der Waals surface area (Å²) in [5.74, 6) is 0.543. The highest BCUT2D eigenvalue weighted by Crippen LogP contribution is 2.37. The van der Waals surface area contributed by atoms with Crippen molar-refractivity contribution in [3.05, 3.63) is 5.82 Å². The number of carboxylic acid groups (broad SMARTS) is 1. The largest absolute Gasteiger partial charge is 0.480 e. The van der Waals surface area contributed by atoms with E-state index in [0.29, 0.717) is 30.6 Å². The Labute approximate surface area is 127 Å². The van der Waals surface area contributed by atoms with Gasteiger partial charge in [0.25, 0.3) is 0 Å². The number of rotatable bonds is 5. The zero-order chi connectivity index (χ0) is 15.5. The highest BCUT2D eigenvalue weighted by Gasteiger charge is 2.39. The van der Waals surface area contributed by atoms with Crippen molar-refractivity contribution in [1.29, 1.82) is 0 Å². The van der Waals surface area contributed by atoms with Gasteiger partial charge in [0, 0.05) is 6.04 Å². The monoisotopic (exact) mass is 308 g/mol. The number of aromatic nitrogens is 4. The molecule has 120 valence electrons. The van der Waals surface area contributed by atoms with Gasteiger partial charge in [0.2, 0.25) is 6.41 Å². The molecule has 0 spiro atoms. The summed E-state index contributed by atoms with van der Waals surface area (Å²) < 4.78 is 0. The van der Waals surface area contributed by atoms with Crippen molar-refractivity contribution in [3.8, 4) is 0 Å². The van der Waals surface area contributed by atoms with Crippen LogP contribution in [0.25, 0.3) is 0 Å². The number of nitrogens with zero attached hydrogens (tertiary/aromatic N) is 4. The Balaban J connectivity index is 1.63. The Bertz CT molecular complexity index is 522. The Hall–Kier alpha value is -2.03. The summed E-state index contributed by atoms with van der Waals surface area (Å²) >= 11 is 0. The molecule has 1 amide bonds. The van der Waals surface area contributed by atoms with Gasteiger partial charge in [0.05, 0.1) is 6.54 Å². The van der Waals surface area contributed by atoms with Crippen LogP contribution in [-0.2, 0) is 16.1 Å². The van der Waals surface area contributed by atoms with Crippen molar-refractivity contribution < 1.29 is 14.7 Å². The molecule has 22 heavy (non-hydrogen) atoms. The van der Waals surface area contributed by atoms with Gasteiger partial charge in [-0.2, -0.15) is 5.21 Å². The molecule has 1 aliphatic heterocycles. The third kappa shape index (κ3) is 3.08. The Kier molecular flexibility index (Phi) is 4.32. The zero-order valence-corrected chi connectivity index (χ0v) is 12.2. The zero-order valence-electron chi connectivity index (χ0n) is 12.2. The van der Waals surface area contributed by atoms with Crippen LogP contribution in [0.5, 0.6) is 0 Å². The molecule has 0 aromatic carbocycles. The Morgan fingerprint density at radius 2 is 2.23 bits per heavy atom. The van der Waals surface area contributed by atoms with E-state index >= 15 is 0 Å². The summed E-state index contributed by atoms with van der Waals surface area (Å²) in [7, 11) is 0. The quantitative estimate of drug-likeness (QED) is 0.620. The van der Waals surface area contributed by atoms with Gasteiger partial charge < -0.3 is 15.3 Å². The van der Waals surface area contributed by atoms with Crippen LogP contribution < -0.4 is 5.32 Å². The molecule has 9 heteroatoms. The Morgan fingerprint density at radius 1 is 1.36 bits per heavy atom. The number of hydrogen-bond acceptors (Lipinski definition) is 6. The molecule has 2 aliphatic rings. The minimum Gasteiger partial charge on any atom is -0.480 e. The second kappa shape index (κ2) is 6.39. The Morgan fingerprint density at radius 3 is 2.91 bits per heavy atom. The van der Waals surface area contributed by atoms with E-state index in [1.165, 1.54) is 0 Å².